The van der Waals surface area contributed by atoms with Crippen molar-refractivity contribution in [3.05, 3.63) is 0 Å². The quantitative estimate of drug-likeness (QED) is 0.594. The van der Waals surface area contributed by atoms with E-state index in [9.17, 15) is 0 Å². The molecule has 3 nitrogen and oxygen atoms in total. The fraction of sp³-hybridized carbons (Fsp3) is 1.00. The molecule has 0 radical (unpaired) electrons. The maximum absolute atomic E-state index is 6.08. The molecule has 3 fully saturated rings. The van der Waals surface area contributed by atoms with Gasteiger partial charge in [0.15, 0.2) is 5.79 Å². The van der Waals surface area contributed by atoms with Gasteiger partial charge in [0.2, 0.25) is 0 Å². The third-order valence-electron chi connectivity index (χ3n) is 3.68. The van der Waals surface area contributed by atoms with Crippen molar-refractivity contribution in [2.45, 2.75) is 63.1 Å². The average molecular weight is 198 g/mol. The van der Waals surface area contributed by atoms with E-state index in [1.165, 1.54) is 19.3 Å². The van der Waals surface area contributed by atoms with Crippen LogP contribution in [-0.4, -0.2) is 30.7 Å². The van der Waals surface area contributed by atoms with Gasteiger partial charge in [-0.05, 0) is 19.8 Å². The molecule has 3 rings (SSSR count). The Kier molecular flexibility index (Phi) is 2.08. The first kappa shape index (κ1) is 9.13. The highest BCUT2D eigenvalue weighted by atomic mass is 16.8. The van der Waals surface area contributed by atoms with Crippen molar-refractivity contribution in [2.24, 2.45) is 0 Å². The standard InChI is InChI=1S/C11H18O3/c1-8-10-9(7-12-8)13-11(14-10)5-3-2-4-6-11/h8-10H,2-7H2,1H3/t8?,9-,10+/m0/s1. The molecule has 3 aliphatic rings. The molecule has 0 aromatic rings. The topological polar surface area (TPSA) is 27.7 Å². The lowest BCUT2D eigenvalue weighted by Crippen LogP contribution is -2.35. The highest BCUT2D eigenvalue weighted by molar-refractivity contribution is 4.94. The third-order valence-corrected chi connectivity index (χ3v) is 3.68. The van der Waals surface area contributed by atoms with Gasteiger partial charge in [-0.1, -0.05) is 6.42 Å². The molecule has 0 aromatic heterocycles. The summed E-state index contributed by atoms with van der Waals surface area (Å²) in [6.07, 6.45) is 6.57. The summed E-state index contributed by atoms with van der Waals surface area (Å²) in [5, 5.41) is 0. The second-order valence-corrected chi connectivity index (χ2v) is 4.75. The Bertz CT molecular complexity index is 223. The molecule has 3 heteroatoms. The van der Waals surface area contributed by atoms with Gasteiger partial charge in [-0.25, -0.2) is 0 Å². The molecule has 0 aromatic carbocycles. The maximum atomic E-state index is 6.08. The van der Waals surface area contributed by atoms with Crippen LogP contribution < -0.4 is 0 Å². The Hall–Kier alpha value is -0.120. The van der Waals surface area contributed by atoms with Crippen LogP contribution in [0.1, 0.15) is 39.0 Å². The number of ether oxygens (including phenoxy) is 3. The average Bonchev–Trinajstić information content (AvgIpc) is 2.68. The van der Waals surface area contributed by atoms with Crippen LogP contribution in [-0.2, 0) is 14.2 Å². The van der Waals surface area contributed by atoms with Crippen molar-refractivity contribution in [1.29, 1.82) is 0 Å². The van der Waals surface area contributed by atoms with E-state index in [0.29, 0.717) is 6.61 Å². The molecular weight excluding hydrogens is 180 g/mol. The van der Waals surface area contributed by atoms with Crippen molar-refractivity contribution in [3.8, 4) is 0 Å². The zero-order valence-electron chi connectivity index (χ0n) is 8.70. The first-order chi connectivity index (χ1) is 6.79. The predicted molar refractivity (Wildman–Crippen MR) is 51.0 cm³/mol. The van der Waals surface area contributed by atoms with Gasteiger partial charge in [0.1, 0.15) is 12.2 Å². The van der Waals surface area contributed by atoms with E-state index in [1.54, 1.807) is 0 Å². The van der Waals surface area contributed by atoms with Gasteiger partial charge >= 0.3 is 0 Å². The van der Waals surface area contributed by atoms with Crippen LogP contribution in [0.5, 0.6) is 0 Å². The smallest absolute Gasteiger partial charge is 0.169 e. The summed E-state index contributed by atoms with van der Waals surface area (Å²) in [4.78, 5) is 0. The molecule has 1 aliphatic carbocycles. The number of hydrogen-bond acceptors (Lipinski definition) is 3. The van der Waals surface area contributed by atoms with E-state index >= 15 is 0 Å². The molecule has 1 spiro atoms. The Morgan fingerprint density at radius 3 is 2.57 bits per heavy atom. The summed E-state index contributed by atoms with van der Waals surface area (Å²) in [5.41, 5.74) is 0. The molecular formula is C11H18O3. The van der Waals surface area contributed by atoms with E-state index in [1.807, 2.05) is 0 Å². The molecule has 1 saturated carbocycles. The molecule has 2 aliphatic heterocycles. The van der Waals surface area contributed by atoms with Crippen LogP contribution in [0.25, 0.3) is 0 Å². The van der Waals surface area contributed by atoms with Crippen LogP contribution in [0.3, 0.4) is 0 Å². The van der Waals surface area contributed by atoms with E-state index in [0.717, 1.165) is 12.8 Å². The number of hydrogen-bond donors (Lipinski definition) is 0. The summed E-state index contributed by atoms with van der Waals surface area (Å²) < 4.78 is 17.6. The Labute approximate surface area is 84.7 Å². The van der Waals surface area contributed by atoms with Crippen LogP contribution >= 0.6 is 0 Å². The maximum Gasteiger partial charge on any atom is 0.169 e. The molecule has 2 heterocycles. The monoisotopic (exact) mass is 198 g/mol. The van der Waals surface area contributed by atoms with Crippen molar-refractivity contribution < 1.29 is 14.2 Å². The summed E-state index contributed by atoms with van der Waals surface area (Å²) in [6, 6.07) is 0. The van der Waals surface area contributed by atoms with Gasteiger partial charge in [0.25, 0.3) is 0 Å². The van der Waals surface area contributed by atoms with Gasteiger partial charge in [-0.3, -0.25) is 0 Å². The van der Waals surface area contributed by atoms with Gasteiger partial charge in [0.05, 0.1) is 12.7 Å². The number of rotatable bonds is 0. The highest BCUT2D eigenvalue weighted by Crippen LogP contribution is 2.43. The van der Waals surface area contributed by atoms with Crippen molar-refractivity contribution in [1.82, 2.24) is 0 Å². The Morgan fingerprint density at radius 1 is 1.07 bits per heavy atom. The summed E-state index contributed by atoms with van der Waals surface area (Å²) in [7, 11) is 0. The summed E-state index contributed by atoms with van der Waals surface area (Å²) in [6.45, 7) is 2.80. The fourth-order valence-corrected chi connectivity index (χ4v) is 2.89. The van der Waals surface area contributed by atoms with E-state index < -0.39 is 0 Å². The second-order valence-electron chi connectivity index (χ2n) is 4.75. The van der Waals surface area contributed by atoms with Crippen molar-refractivity contribution in [2.75, 3.05) is 6.61 Å². The normalized spacial score (nSPS) is 45.6. The lowest BCUT2D eigenvalue weighted by atomic mass is 9.94. The van der Waals surface area contributed by atoms with Crippen molar-refractivity contribution in [3.63, 3.8) is 0 Å². The van der Waals surface area contributed by atoms with E-state index in [-0.39, 0.29) is 24.1 Å². The molecule has 3 atom stereocenters. The van der Waals surface area contributed by atoms with E-state index in [4.69, 9.17) is 14.2 Å². The molecule has 80 valence electrons. The van der Waals surface area contributed by atoms with Gasteiger partial charge < -0.3 is 14.2 Å². The van der Waals surface area contributed by atoms with Crippen LogP contribution in [0, 0.1) is 0 Å². The molecule has 1 unspecified atom stereocenters. The fourth-order valence-electron chi connectivity index (χ4n) is 2.89. The van der Waals surface area contributed by atoms with Crippen LogP contribution in [0.4, 0.5) is 0 Å². The molecule has 2 saturated heterocycles. The third kappa shape index (κ3) is 1.30. The molecule has 0 amide bonds. The largest absolute Gasteiger partial charge is 0.373 e. The minimum Gasteiger partial charge on any atom is -0.373 e. The van der Waals surface area contributed by atoms with Crippen LogP contribution in [0.2, 0.25) is 0 Å². The molecule has 14 heavy (non-hydrogen) atoms. The lowest BCUT2D eigenvalue weighted by Gasteiger charge is -2.33. The van der Waals surface area contributed by atoms with Crippen molar-refractivity contribution >= 4 is 0 Å². The first-order valence-electron chi connectivity index (χ1n) is 5.76. The zero-order chi connectivity index (χ0) is 9.60. The van der Waals surface area contributed by atoms with Gasteiger partial charge in [-0.2, -0.15) is 0 Å². The summed E-state index contributed by atoms with van der Waals surface area (Å²) in [5.74, 6) is -0.231. The van der Waals surface area contributed by atoms with Gasteiger partial charge in [-0.15, -0.1) is 0 Å². The second kappa shape index (κ2) is 3.19. The summed E-state index contributed by atoms with van der Waals surface area (Å²) >= 11 is 0. The minimum absolute atomic E-state index is 0.188. The first-order valence-corrected chi connectivity index (χ1v) is 5.76. The minimum atomic E-state index is -0.231. The Balaban J connectivity index is 1.74. The highest BCUT2D eigenvalue weighted by Gasteiger charge is 2.52. The lowest BCUT2D eigenvalue weighted by molar-refractivity contribution is -0.213. The SMILES string of the molecule is CC1OC[C@@H]2OC3(CCCCC3)O[C@H]12. The van der Waals surface area contributed by atoms with E-state index in [2.05, 4.69) is 6.92 Å². The number of fused-ring (bicyclic) bond motifs is 1. The molecule has 0 bridgehead atoms. The van der Waals surface area contributed by atoms with Gasteiger partial charge in [0, 0.05) is 12.8 Å². The molecule has 0 N–H and O–H groups in total. The van der Waals surface area contributed by atoms with Crippen LogP contribution in [0.15, 0.2) is 0 Å². The zero-order valence-corrected chi connectivity index (χ0v) is 8.70. The Morgan fingerprint density at radius 2 is 1.86 bits per heavy atom. The predicted octanol–water partition coefficient (Wildman–Crippen LogP) is 1.85.